The van der Waals surface area contributed by atoms with E-state index in [9.17, 15) is 14.3 Å². The number of aryl methyl sites for hydroxylation is 1. The summed E-state index contributed by atoms with van der Waals surface area (Å²) in [6.07, 6.45) is 0. The molecule has 1 aromatic heterocycles. The van der Waals surface area contributed by atoms with E-state index in [1.54, 1.807) is 37.8 Å². The lowest BCUT2D eigenvalue weighted by Gasteiger charge is -2.36. The minimum atomic E-state index is -0.908. The molecule has 2 heterocycles. The van der Waals surface area contributed by atoms with Gasteiger partial charge in [0, 0.05) is 44.4 Å². The number of anilines is 1. The van der Waals surface area contributed by atoms with Gasteiger partial charge in [0.15, 0.2) is 5.89 Å². The summed E-state index contributed by atoms with van der Waals surface area (Å²) in [5, 5.41) is 10.3. The number of amides is 1. The molecule has 1 aliphatic heterocycles. The second-order valence-corrected chi connectivity index (χ2v) is 8.31. The van der Waals surface area contributed by atoms with E-state index in [2.05, 4.69) is 9.88 Å². The summed E-state index contributed by atoms with van der Waals surface area (Å²) in [5.41, 5.74) is 2.04. The van der Waals surface area contributed by atoms with Gasteiger partial charge in [0.1, 0.15) is 11.5 Å². The third-order valence-corrected chi connectivity index (χ3v) is 5.53. The molecule has 7 heteroatoms. The Morgan fingerprint density at radius 1 is 1.10 bits per heavy atom. The Hall–Kier alpha value is -3.19. The van der Waals surface area contributed by atoms with Gasteiger partial charge in [0.2, 0.25) is 5.76 Å². The summed E-state index contributed by atoms with van der Waals surface area (Å²) in [6.45, 7) is 7.63. The van der Waals surface area contributed by atoms with Crippen LogP contribution in [-0.2, 0) is 5.60 Å². The lowest BCUT2D eigenvalue weighted by molar-refractivity contribution is 0.0714. The summed E-state index contributed by atoms with van der Waals surface area (Å²) in [4.78, 5) is 21.5. The Kier molecular flexibility index (Phi) is 5.54. The van der Waals surface area contributed by atoms with Crippen molar-refractivity contribution in [3.8, 4) is 11.3 Å². The van der Waals surface area contributed by atoms with Crippen LogP contribution in [0, 0.1) is 12.7 Å². The highest BCUT2D eigenvalue weighted by Crippen LogP contribution is 2.28. The Bertz CT molecular complexity index is 1080. The molecule has 31 heavy (non-hydrogen) atoms. The van der Waals surface area contributed by atoms with E-state index >= 15 is 0 Å². The number of nitrogens with zero attached hydrogens (tertiary/aromatic N) is 3. The van der Waals surface area contributed by atoms with E-state index < -0.39 is 5.60 Å². The third kappa shape index (κ3) is 4.46. The average molecular weight is 423 g/mol. The molecule has 4 rings (SSSR count). The lowest BCUT2D eigenvalue weighted by Crippen LogP contribution is -2.48. The number of hydrogen-bond acceptors (Lipinski definition) is 5. The quantitative estimate of drug-likeness (QED) is 0.687. The molecule has 0 saturated carbocycles. The van der Waals surface area contributed by atoms with Gasteiger partial charge < -0.3 is 19.3 Å². The number of oxazole rings is 1. The van der Waals surface area contributed by atoms with Gasteiger partial charge in [0.25, 0.3) is 5.91 Å². The molecule has 6 nitrogen and oxygen atoms in total. The number of piperazine rings is 1. The monoisotopic (exact) mass is 423 g/mol. The third-order valence-electron chi connectivity index (χ3n) is 5.53. The van der Waals surface area contributed by atoms with E-state index in [0.29, 0.717) is 43.3 Å². The fourth-order valence-electron chi connectivity index (χ4n) is 3.77. The summed E-state index contributed by atoms with van der Waals surface area (Å²) in [5.74, 6) is 0.0118. The van der Waals surface area contributed by atoms with E-state index in [1.165, 1.54) is 12.1 Å². The summed E-state index contributed by atoms with van der Waals surface area (Å²) >= 11 is 0. The van der Waals surface area contributed by atoms with Crippen molar-refractivity contribution in [1.82, 2.24) is 9.88 Å². The van der Waals surface area contributed by atoms with Crippen molar-refractivity contribution in [2.75, 3.05) is 31.1 Å². The largest absolute Gasteiger partial charge is 0.435 e. The molecule has 1 saturated heterocycles. The summed E-state index contributed by atoms with van der Waals surface area (Å²) in [6, 6.07) is 13.7. The molecule has 0 aliphatic carbocycles. The fraction of sp³-hybridized carbons (Fsp3) is 0.333. The molecule has 1 N–H and O–H groups in total. The van der Waals surface area contributed by atoms with E-state index in [4.69, 9.17) is 4.42 Å². The van der Waals surface area contributed by atoms with Crippen LogP contribution in [0.25, 0.3) is 11.3 Å². The first kappa shape index (κ1) is 21.1. The number of rotatable bonds is 4. The molecule has 0 bridgehead atoms. The van der Waals surface area contributed by atoms with E-state index in [-0.39, 0.29) is 17.5 Å². The molecule has 1 aliphatic rings. The highest BCUT2D eigenvalue weighted by atomic mass is 19.1. The Morgan fingerprint density at radius 3 is 2.42 bits per heavy atom. The van der Waals surface area contributed by atoms with Crippen molar-refractivity contribution < 1.29 is 18.7 Å². The molecule has 0 atom stereocenters. The molecule has 3 aromatic rings. The van der Waals surface area contributed by atoms with Crippen LogP contribution < -0.4 is 4.90 Å². The van der Waals surface area contributed by atoms with Gasteiger partial charge in [-0.2, -0.15) is 0 Å². The zero-order valence-electron chi connectivity index (χ0n) is 17.9. The number of halogens is 1. The highest BCUT2D eigenvalue weighted by Gasteiger charge is 2.28. The topological polar surface area (TPSA) is 69.8 Å². The first-order valence-corrected chi connectivity index (χ1v) is 10.3. The van der Waals surface area contributed by atoms with Gasteiger partial charge in [-0.15, -0.1) is 0 Å². The number of aliphatic hydroxyl groups is 1. The predicted molar refractivity (Wildman–Crippen MR) is 116 cm³/mol. The second-order valence-electron chi connectivity index (χ2n) is 8.31. The fourth-order valence-corrected chi connectivity index (χ4v) is 3.77. The predicted octanol–water partition coefficient (Wildman–Crippen LogP) is 3.98. The van der Waals surface area contributed by atoms with Crippen LogP contribution in [0.2, 0.25) is 0 Å². The molecule has 2 aromatic carbocycles. The zero-order chi connectivity index (χ0) is 22.2. The minimum Gasteiger partial charge on any atom is -0.435 e. The van der Waals surface area contributed by atoms with Crippen LogP contribution in [0.5, 0.6) is 0 Å². The lowest BCUT2D eigenvalue weighted by atomic mass is 9.98. The molecule has 162 valence electrons. The maximum Gasteiger partial charge on any atom is 0.292 e. The number of carbonyl (C=O) groups is 1. The van der Waals surface area contributed by atoms with Gasteiger partial charge in [-0.05, 0) is 55.8 Å². The zero-order valence-corrected chi connectivity index (χ0v) is 17.9. The smallest absolute Gasteiger partial charge is 0.292 e. The minimum absolute atomic E-state index is 0.182. The standard InChI is InChI=1S/C24H26FN3O3/c1-16-26-21(17-7-9-19(25)10-8-17)22(31-16)23(29)28-13-11-27(12-14-28)20-6-4-5-18(15-20)24(2,3)30/h4-10,15,30H,11-14H2,1-3H3. The van der Waals surface area contributed by atoms with E-state index in [1.807, 2.05) is 24.3 Å². The van der Waals surface area contributed by atoms with Crippen molar-refractivity contribution in [1.29, 1.82) is 0 Å². The van der Waals surface area contributed by atoms with Crippen LogP contribution in [0.15, 0.2) is 52.9 Å². The second kappa shape index (κ2) is 8.15. The summed E-state index contributed by atoms with van der Waals surface area (Å²) < 4.78 is 18.9. The number of hydrogen-bond donors (Lipinski definition) is 1. The van der Waals surface area contributed by atoms with Crippen LogP contribution in [0.1, 0.15) is 35.9 Å². The van der Waals surface area contributed by atoms with Crippen molar-refractivity contribution in [2.45, 2.75) is 26.4 Å². The molecule has 1 fully saturated rings. The van der Waals surface area contributed by atoms with Gasteiger partial charge >= 0.3 is 0 Å². The van der Waals surface area contributed by atoms with Gasteiger partial charge in [0.05, 0.1) is 5.60 Å². The normalized spacial score (nSPS) is 14.7. The van der Waals surface area contributed by atoms with Gasteiger partial charge in [-0.25, -0.2) is 9.37 Å². The maximum absolute atomic E-state index is 13.3. The Balaban J connectivity index is 1.49. The van der Waals surface area contributed by atoms with Crippen molar-refractivity contribution in [3.05, 3.63) is 71.6 Å². The molecule has 0 spiro atoms. The van der Waals surface area contributed by atoms with Crippen LogP contribution in [0.4, 0.5) is 10.1 Å². The first-order valence-electron chi connectivity index (χ1n) is 10.3. The van der Waals surface area contributed by atoms with Crippen molar-refractivity contribution in [2.24, 2.45) is 0 Å². The Morgan fingerprint density at radius 2 is 1.77 bits per heavy atom. The summed E-state index contributed by atoms with van der Waals surface area (Å²) in [7, 11) is 0. The Labute approximate surface area is 180 Å². The molecular formula is C24H26FN3O3. The number of aromatic nitrogens is 1. The van der Waals surface area contributed by atoms with E-state index in [0.717, 1.165) is 11.3 Å². The molecule has 1 amide bonds. The number of benzene rings is 2. The van der Waals surface area contributed by atoms with Crippen molar-refractivity contribution >= 4 is 11.6 Å². The molecular weight excluding hydrogens is 397 g/mol. The maximum atomic E-state index is 13.3. The van der Waals surface area contributed by atoms with Crippen LogP contribution in [0.3, 0.4) is 0 Å². The molecule has 0 unspecified atom stereocenters. The van der Waals surface area contributed by atoms with Gasteiger partial charge in [-0.3, -0.25) is 4.79 Å². The van der Waals surface area contributed by atoms with Crippen LogP contribution >= 0.6 is 0 Å². The number of carbonyl (C=O) groups excluding carboxylic acids is 1. The van der Waals surface area contributed by atoms with Gasteiger partial charge in [-0.1, -0.05) is 12.1 Å². The van der Waals surface area contributed by atoms with Crippen molar-refractivity contribution in [3.63, 3.8) is 0 Å². The molecule has 0 radical (unpaired) electrons. The van der Waals surface area contributed by atoms with Crippen LogP contribution in [-0.4, -0.2) is 47.1 Å². The highest BCUT2D eigenvalue weighted by molar-refractivity contribution is 5.97. The first-order chi connectivity index (χ1) is 14.7. The average Bonchev–Trinajstić information content (AvgIpc) is 3.15. The SMILES string of the molecule is Cc1nc(-c2ccc(F)cc2)c(C(=O)N2CCN(c3cccc(C(C)(C)O)c3)CC2)o1.